The number of carbonyl (C=O) groups is 2. The smallest absolute Gasteiger partial charge is 0.336 e. The number of fused-ring (bicyclic) bond motifs is 1. The van der Waals surface area contributed by atoms with Crippen molar-refractivity contribution in [1.82, 2.24) is 4.90 Å². The van der Waals surface area contributed by atoms with Crippen molar-refractivity contribution in [3.8, 4) is 5.75 Å². The number of rotatable bonds is 7. The van der Waals surface area contributed by atoms with Crippen molar-refractivity contribution in [2.24, 2.45) is 0 Å². The normalized spacial score (nSPS) is 12.8. The molecule has 6 nitrogen and oxygen atoms in total. The van der Waals surface area contributed by atoms with Crippen molar-refractivity contribution >= 4 is 23.3 Å². The van der Waals surface area contributed by atoms with Crippen LogP contribution in [0, 0.1) is 5.82 Å². The molecule has 7 heteroatoms. The molecule has 0 aliphatic carbocycles. The molecular formula is C32H29FN2O4. The molecule has 0 fully saturated rings. The third kappa shape index (κ3) is 5.62. The van der Waals surface area contributed by atoms with Crippen molar-refractivity contribution in [3.05, 3.63) is 125 Å². The van der Waals surface area contributed by atoms with E-state index in [0.29, 0.717) is 42.3 Å². The number of halogens is 1. The Balaban J connectivity index is 1.45. The molecule has 1 aliphatic rings. The number of anilines is 2. The van der Waals surface area contributed by atoms with Gasteiger partial charge in [0.15, 0.2) is 0 Å². The maximum absolute atomic E-state index is 14.1. The van der Waals surface area contributed by atoms with Crippen LogP contribution in [0.4, 0.5) is 15.8 Å². The molecule has 0 saturated heterocycles. The van der Waals surface area contributed by atoms with Gasteiger partial charge in [-0.1, -0.05) is 66.7 Å². The summed E-state index contributed by atoms with van der Waals surface area (Å²) in [6.07, 6.45) is 0.693. The Morgan fingerprint density at radius 3 is 2.26 bits per heavy atom. The van der Waals surface area contributed by atoms with Crippen LogP contribution >= 0.6 is 0 Å². The van der Waals surface area contributed by atoms with E-state index in [0.717, 1.165) is 11.1 Å². The van der Waals surface area contributed by atoms with Crippen molar-refractivity contribution in [3.63, 3.8) is 0 Å². The second-order valence-electron chi connectivity index (χ2n) is 9.56. The van der Waals surface area contributed by atoms with E-state index in [2.05, 4.69) is 0 Å². The maximum Gasteiger partial charge on any atom is 0.336 e. The highest BCUT2D eigenvalue weighted by Gasteiger charge is 2.27. The summed E-state index contributed by atoms with van der Waals surface area (Å²) in [4.78, 5) is 29.6. The topological polar surface area (TPSA) is 70.1 Å². The highest BCUT2D eigenvalue weighted by atomic mass is 19.1. The average Bonchev–Trinajstić information content (AvgIpc) is 3.16. The van der Waals surface area contributed by atoms with Gasteiger partial charge in [-0.3, -0.25) is 4.79 Å². The molecule has 0 bridgehead atoms. The van der Waals surface area contributed by atoms with Gasteiger partial charge in [0.2, 0.25) is 5.91 Å². The molecule has 0 saturated carbocycles. The second kappa shape index (κ2) is 11.4. The van der Waals surface area contributed by atoms with Gasteiger partial charge in [-0.15, -0.1) is 0 Å². The monoisotopic (exact) mass is 524 g/mol. The zero-order valence-electron chi connectivity index (χ0n) is 21.6. The quantitative estimate of drug-likeness (QED) is 0.310. The molecule has 0 radical (unpaired) electrons. The van der Waals surface area contributed by atoms with Gasteiger partial charge in [0.1, 0.15) is 11.6 Å². The first-order valence-electron chi connectivity index (χ1n) is 12.8. The number of carboxylic acid groups (broad SMARTS) is 1. The van der Waals surface area contributed by atoms with E-state index in [1.165, 1.54) is 12.1 Å². The number of carboxylic acids is 1. The molecular weight excluding hydrogens is 495 g/mol. The molecule has 0 aromatic heterocycles. The minimum absolute atomic E-state index is 0.0891. The number of ether oxygens (including phenoxy) is 1. The van der Waals surface area contributed by atoms with Crippen molar-refractivity contribution < 1.29 is 23.8 Å². The predicted octanol–water partition coefficient (Wildman–Crippen LogP) is 6.24. The molecule has 1 N–H and O–H groups in total. The molecule has 4 aromatic rings. The van der Waals surface area contributed by atoms with Gasteiger partial charge in [-0.25, -0.2) is 9.18 Å². The number of hydrogen-bond acceptors (Lipinski definition) is 4. The van der Waals surface area contributed by atoms with Gasteiger partial charge >= 0.3 is 5.97 Å². The van der Waals surface area contributed by atoms with Crippen LogP contribution < -0.4 is 9.64 Å². The van der Waals surface area contributed by atoms with E-state index >= 15 is 0 Å². The zero-order chi connectivity index (χ0) is 27.4. The van der Waals surface area contributed by atoms with E-state index in [1.54, 1.807) is 30.1 Å². The average molecular weight is 525 g/mol. The van der Waals surface area contributed by atoms with Crippen LogP contribution in [-0.2, 0) is 11.3 Å². The van der Waals surface area contributed by atoms with E-state index in [1.807, 2.05) is 71.6 Å². The van der Waals surface area contributed by atoms with Crippen LogP contribution in [0.2, 0.25) is 0 Å². The number of hydrogen-bond donors (Lipinski definition) is 1. The van der Waals surface area contributed by atoms with E-state index < -0.39 is 17.7 Å². The minimum Gasteiger partial charge on any atom is -0.491 e. The second-order valence-corrected chi connectivity index (χ2v) is 9.56. The molecule has 5 rings (SSSR count). The highest BCUT2D eigenvalue weighted by molar-refractivity contribution is 5.92. The first-order valence-corrected chi connectivity index (χ1v) is 12.8. The molecule has 1 amide bonds. The molecule has 1 heterocycles. The number of carbonyl (C=O) groups excluding carboxylic acids is 1. The Morgan fingerprint density at radius 1 is 0.949 bits per heavy atom. The fourth-order valence-corrected chi connectivity index (χ4v) is 5.01. The number of amides is 1. The largest absolute Gasteiger partial charge is 0.491 e. The van der Waals surface area contributed by atoms with Gasteiger partial charge in [0.25, 0.3) is 0 Å². The lowest BCUT2D eigenvalue weighted by Crippen LogP contribution is -2.32. The molecule has 39 heavy (non-hydrogen) atoms. The first-order chi connectivity index (χ1) is 18.9. The maximum atomic E-state index is 14.1. The van der Waals surface area contributed by atoms with E-state index in [-0.39, 0.29) is 18.0 Å². The molecule has 0 unspecified atom stereocenters. The molecule has 0 spiro atoms. The van der Waals surface area contributed by atoms with Crippen LogP contribution in [0.3, 0.4) is 0 Å². The van der Waals surface area contributed by atoms with Crippen LogP contribution in [-0.4, -0.2) is 42.1 Å². The summed E-state index contributed by atoms with van der Waals surface area (Å²) in [5, 5.41) is 10.1. The summed E-state index contributed by atoms with van der Waals surface area (Å²) in [5.74, 6) is -1.60. The molecule has 4 aromatic carbocycles. The lowest BCUT2D eigenvalue weighted by Gasteiger charge is -2.27. The standard InChI is InChI=1S/C32H29FN2O4/c1-34(31(36)30(22-9-4-2-5-10-22)23-11-6-3-7-12-23)21-24-13-15-26(20-27(24)32(37)38)35-17-8-18-39-29-16-14-25(33)19-28(29)35/h2-7,9-16,19-20,30H,8,17-18,21H2,1H3,(H,37,38). The van der Waals surface area contributed by atoms with Crippen molar-refractivity contribution in [1.29, 1.82) is 0 Å². The number of likely N-dealkylation sites (N-methyl/N-ethyl adjacent to an activating group) is 1. The van der Waals surface area contributed by atoms with Crippen LogP contribution in [0.25, 0.3) is 0 Å². The van der Waals surface area contributed by atoms with Crippen LogP contribution in [0.1, 0.15) is 39.4 Å². The Hall–Kier alpha value is -4.65. The Kier molecular flexibility index (Phi) is 7.59. The third-order valence-electron chi connectivity index (χ3n) is 6.93. The lowest BCUT2D eigenvalue weighted by atomic mass is 9.90. The van der Waals surface area contributed by atoms with Crippen LogP contribution in [0.5, 0.6) is 5.75 Å². The molecule has 198 valence electrons. The predicted molar refractivity (Wildman–Crippen MR) is 148 cm³/mol. The van der Waals surface area contributed by atoms with E-state index in [4.69, 9.17) is 4.74 Å². The lowest BCUT2D eigenvalue weighted by molar-refractivity contribution is -0.131. The van der Waals surface area contributed by atoms with Gasteiger partial charge < -0.3 is 19.6 Å². The number of aromatic carboxylic acids is 1. The Morgan fingerprint density at radius 2 is 1.62 bits per heavy atom. The fourth-order valence-electron chi connectivity index (χ4n) is 5.01. The summed E-state index contributed by atoms with van der Waals surface area (Å²) in [6, 6.07) is 28.6. The Bertz CT molecular complexity index is 1440. The summed E-state index contributed by atoms with van der Waals surface area (Å²) in [5.41, 5.74) is 3.50. The number of benzene rings is 4. The zero-order valence-corrected chi connectivity index (χ0v) is 21.6. The third-order valence-corrected chi connectivity index (χ3v) is 6.93. The van der Waals surface area contributed by atoms with E-state index in [9.17, 15) is 19.1 Å². The summed E-state index contributed by atoms with van der Waals surface area (Å²) < 4.78 is 19.9. The first kappa shape index (κ1) is 26.0. The highest BCUT2D eigenvalue weighted by Crippen LogP contribution is 2.37. The van der Waals surface area contributed by atoms with Gasteiger partial charge in [-0.2, -0.15) is 0 Å². The SMILES string of the molecule is CN(Cc1ccc(N2CCCOc3ccc(F)cc32)cc1C(=O)O)C(=O)C(c1ccccc1)c1ccccc1. The van der Waals surface area contributed by atoms with Crippen molar-refractivity contribution in [2.75, 3.05) is 25.1 Å². The van der Waals surface area contributed by atoms with Gasteiger partial charge in [-0.05, 0) is 47.4 Å². The van der Waals surface area contributed by atoms with Gasteiger partial charge in [0, 0.05) is 31.9 Å². The molecule has 0 atom stereocenters. The van der Waals surface area contributed by atoms with Crippen LogP contribution in [0.15, 0.2) is 97.1 Å². The molecule has 1 aliphatic heterocycles. The summed E-state index contributed by atoms with van der Waals surface area (Å²) in [6.45, 7) is 1.14. The summed E-state index contributed by atoms with van der Waals surface area (Å²) >= 11 is 0. The fraction of sp³-hybridized carbons (Fsp3) is 0.188. The van der Waals surface area contributed by atoms with Crippen molar-refractivity contribution in [2.45, 2.75) is 18.9 Å². The number of nitrogens with zero attached hydrogens (tertiary/aromatic N) is 2. The van der Waals surface area contributed by atoms with Gasteiger partial charge in [0.05, 0.1) is 23.8 Å². The summed E-state index contributed by atoms with van der Waals surface area (Å²) in [7, 11) is 1.69. The minimum atomic E-state index is -1.10. The Labute approximate surface area is 226 Å².